The van der Waals surface area contributed by atoms with Gasteiger partial charge in [0.1, 0.15) is 0 Å². The van der Waals surface area contributed by atoms with Crippen molar-refractivity contribution in [2.75, 3.05) is 44.3 Å². The number of guanidine groups is 1. The van der Waals surface area contributed by atoms with Crippen LogP contribution in [0, 0.1) is 0 Å². The molecule has 1 saturated heterocycles. The molecule has 2 aliphatic rings. The minimum Gasteiger partial charge on any atom is -0.378 e. The maximum atomic E-state index is 6.06. The van der Waals surface area contributed by atoms with Gasteiger partial charge in [0.2, 0.25) is 0 Å². The summed E-state index contributed by atoms with van der Waals surface area (Å²) in [6, 6.07) is 9.19. The van der Waals surface area contributed by atoms with E-state index in [1.165, 1.54) is 11.3 Å². The van der Waals surface area contributed by atoms with Crippen molar-refractivity contribution < 1.29 is 4.74 Å². The van der Waals surface area contributed by atoms with Crippen LogP contribution in [0.15, 0.2) is 29.3 Å². The molecule has 5 heteroatoms. The molecule has 0 bridgehead atoms. The second-order valence-electron chi connectivity index (χ2n) is 5.71. The van der Waals surface area contributed by atoms with E-state index in [0.717, 1.165) is 45.8 Å². The Morgan fingerprint density at radius 2 is 2.10 bits per heavy atom. The molecular weight excluding hydrogens is 264 g/mol. The van der Waals surface area contributed by atoms with Gasteiger partial charge in [-0.05, 0) is 25.0 Å². The summed E-state index contributed by atoms with van der Waals surface area (Å²) in [5, 5.41) is 0. The molecule has 0 radical (unpaired) electrons. The van der Waals surface area contributed by atoms with Crippen molar-refractivity contribution in [2.24, 2.45) is 10.7 Å². The lowest BCUT2D eigenvalue weighted by Gasteiger charge is -2.28. The summed E-state index contributed by atoms with van der Waals surface area (Å²) in [7, 11) is 0. The Hall–Kier alpha value is -1.75. The van der Waals surface area contributed by atoms with E-state index >= 15 is 0 Å². The first kappa shape index (κ1) is 14.2. The van der Waals surface area contributed by atoms with Gasteiger partial charge in [-0.25, -0.2) is 0 Å². The number of benzene rings is 1. The number of ether oxygens (including phenoxy) is 1. The monoisotopic (exact) mass is 288 g/mol. The van der Waals surface area contributed by atoms with Gasteiger partial charge >= 0.3 is 0 Å². The van der Waals surface area contributed by atoms with Crippen LogP contribution in [-0.4, -0.2) is 56.3 Å². The van der Waals surface area contributed by atoms with Crippen LogP contribution in [0.4, 0.5) is 5.69 Å². The van der Waals surface area contributed by atoms with E-state index in [9.17, 15) is 0 Å². The highest BCUT2D eigenvalue weighted by Crippen LogP contribution is 2.31. The molecule has 0 aromatic heterocycles. The largest absolute Gasteiger partial charge is 0.378 e. The molecular formula is C16H24N4O. The highest BCUT2D eigenvalue weighted by Gasteiger charge is 2.24. The van der Waals surface area contributed by atoms with E-state index in [2.05, 4.69) is 46.0 Å². The Balaban J connectivity index is 1.57. The van der Waals surface area contributed by atoms with Gasteiger partial charge in [0, 0.05) is 31.4 Å². The molecule has 1 fully saturated rings. The maximum Gasteiger partial charge on any atom is 0.191 e. The number of rotatable bonds is 3. The molecule has 1 unspecified atom stereocenters. The quantitative estimate of drug-likeness (QED) is 0.668. The molecule has 1 aromatic rings. The van der Waals surface area contributed by atoms with Gasteiger partial charge in [0.15, 0.2) is 5.96 Å². The third-order valence-corrected chi connectivity index (χ3v) is 4.30. The van der Waals surface area contributed by atoms with Gasteiger partial charge in [-0.15, -0.1) is 0 Å². The average Bonchev–Trinajstić information content (AvgIpc) is 2.84. The summed E-state index contributed by atoms with van der Waals surface area (Å²) in [6.45, 7) is 7.11. The lowest BCUT2D eigenvalue weighted by molar-refractivity contribution is 0.0674. The minimum absolute atomic E-state index is 0.544. The predicted molar refractivity (Wildman–Crippen MR) is 85.8 cm³/mol. The molecule has 1 aromatic carbocycles. The number of morpholine rings is 1. The summed E-state index contributed by atoms with van der Waals surface area (Å²) < 4.78 is 5.33. The number of anilines is 1. The average molecular weight is 288 g/mol. The second-order valence-corrected chi connectivity index (χ2v) is 5.71. The fraction of sp³-hybridized carbons (Fsp3) is 0.562. The van der Waals surface area contributed by atoms with Gasteiger partial charge < -0.3 is 20.3 Å². The number of hydrogen-bond acceptors (Lipinski definition) is 3. The molecule has 0 spiro atoms. The fourth-order valence-corrected chi connectivity index (χ4v) is 3.14. The second kappa shape index (κ2) is 6.35. The Bertz CT molecular complexity index is 511. The van der Waals surface area contributed by atoms with Crippen molar-refractivity contribution in [1.29, 1.82) is 0 Å². The van der Waals surface area contributed by atoms with Crippen molar-refractivity contribution in [3.8, 4) is 0 Å². The van der Waals surface area contributed by atoms with Crippen LogP contribution in [0.5, 0.6) is 0 Å². The fourth-order valence-electron chi connectivity index (χ4n) is 3.14. The van der Waals surface area contributed by atoms with Crippen molar-refractivity contribution in [3.05, 3.63) is 29.8 Å². The van der Waals surface area contributed by atoms with Crippen LogP contribution >= 0.6 is 0 Å². The van der Waals surface area contributed by atoms with Crippen molar-refractivity contribution >= 4 is 11.6 Å². The van der Waals surface area contributed by atoms with Crippen LogP contribution in [0.1, 0.15) is 12.5 Å². The zero-order chi connectivity index (χ0) is 14.7. The van der Waals surface area contributed by atoms with E-state index < -0.39 is 0 Å². The molecule has 3 rings (SSSR count). The molecule has 0 aliphatic carbocycles. The van der Waals surface area contributed by atoms with Gasteiger partial charge in [-0.2, -0.15) is 0 Å². The van der Waals surface area contributed by atoms with E-state index in [-0.39, 0.29) is 0 Å². The molecule has 1 atom stereocenters. The summed E-state index contributed by atoms with van der Waals surface area (Å²) in [5.74, 6) is 0.651. The predicted octanol–water partition coefficient (Wildman–Crippen LogP) is 1.08. The summed E-state index contributed by atoms with van der Waals surface area (Å²) >= 11 is 0. The van der Waals surface area contributed by atoms with Crippen LogP contribution in [0.3, 0.4) is 0 Å². The molecule has 21 heavy (non-hydrogen) atoms. The Labute approximate surface area is 126 Å². The van der Waals surface area contributed by atoms with Gasteiger partial charge in [-0.3, -0.25) is 4.99 Å². The highest BCUT2D eigenvalue weighted by atomic mass is 16.5. The maximum absolute atomic E-state index is 6.06. The lowest BCUT2D eigenvalue weighted by Crippen LogP contribution is -2.45. The zero-order valence-electron chi connectivity index (χ0n) is 12.7. The number of nitrogens with two attached hydrogens (primary N) is 1. The highest BCUT2D eigenvalue weighted by molar-refractivity contribution is 5.78. The molecule has 2 N–H and O–H groups in total. The van der Waals surface area contributed by atoms with E-state index in [0.29, 0.717) is 12.0 Å². The van der Waals surface area contributed by atoms with Crippen molar-refractivity contribution in [2.45, 2.75) is 19.4 Å². The SMILES string of the molecule is CC1Cc2ccccc2N1CCN=C(N)N1CCOCC1. The summed E-state index contributed by atoms with van der Waals surface area (Å²) in [6.07, 6.45) is 1.12. The van der Waals surface area contributed by atoms with Gasteiger partial charge in [-0.1, -0.05) is 18.2 Å². The van der Waals surface area contributed by atoms with Crippen LogP contribution < -0.4 is 10.6 Å². The zero-order valence-corrected chi connectivity index (χ0v) is 12.7. The van der Waals surface area contributed by atoms with E-state index in [4.69, 9.17) is 10.5 Å². The Morgan fingerprint density at radius 3 is 2.90 bits per heavy atom. The number of fused-ring (bicyclic) bond motifs is 1. The minimum atomic E-state index is 0.544. The molecule has 2 aliphatic heterocycles. The lowest BCUT2D eigenvalue weighted by atomic mass is 10.1. The van der Waals surface area contributed by atoms with Crippen molar-refractivity contribution in [1.82, 2.24) is 4.90 Å². The first-order valence-electron chi connectivity index (χ1n) is 7.73. The first-order chi connectivity index (χ1) is 10.3. The van der Waals surface area contributed by atoms with E-state index in [1.807, 2.05) is 0 Å². The molecule has 0 saturated carbocycles. The molecule has 114 valence electrons. The Morgan fingerprint density at radius 1 is 1.33 bits per heavy atom. The smallest absolute Gasteiger partial charge is 0.191 e. The molecule has 0 amide bonds. The molecule has 5 nitrogen and oxygen atoms in total. The summed E-state index contributed by atoms with van der Waals surface area (Å²) in [4.78, 5) is 9.08. The van der Waals surface area contributed by atoms with Crippen LogP contribution in [0.2, 0.25) is 0 Å². The topological polar surface area (TPSA) is 54.1 Å². The third kappa shape index (κ3) is 3.13. The van der Waals surface area contributed by atoms with Crippen LogP contribution in [0.25, 0.3) is 0 Å². The number of para-hydroxylation sites is 1. The standard InChI is InChI=1S/C16H24N4O/c1-13-12-14-4-2-3-5-15(14)20(13)7-6-18-16(17)19-8-10-21-11-9-19/h2-5,13H,6-12H2,1H3,(H2,17,18). The van der Waals surface area contributed by atoms with Gasteiger partial charge in [0.05, 0.1) is 19.8 Å². The van der Waals surface area contributed by atoms with E-state index in [1.54, 1.807) is 0 Å². The summed E-state index contributed by atoms with van der Waals surface area (Å²) in [5.41, 5.74) is 8.86. The number of aliphatic imine (C=N–C) groups is 1. The first-order valence-corrected chi connectivity index (χ1v) is 7.73. The Kier molecular flexibility index (Phi) is 4.29. The van der Waals surface area contributed by atoms with Crippen molar-refractivity contribution in [3.63, 3.8) is 0 Å². The normalized spacial score (nSPS) is 22.5. The molecule has 2 heterocycles. The van der Waals surface area contributed by atoms with Crippen LogP contribution in [-0.2, 0) is 11.2 Å². The van der Waals surface area contributed by atoms with Gasteiger partial charge in [0.25, 0.3) is 0 Å². The number of nitrogens with zero attached hydrogens (tertiary/aromatic N) is 3. The number of hydrogen-bond donors (Lipinski definition) is 1. The third-order valence-electron chi connectivity index (χ3n) is 4.30.